The first-order valence-corrected chi connectivity index (χ1v) is 4.00. The first-order valence-electron chi connectivity index (χ1n) is 4.00. The van der Waals surface area contributed by atoms with Crippen molar-refractivity contribution >= 4 is 5.82 Å². The van der Waals surface area contributed by atoms with Crippen LogP contribution in [-0.4, -0.2) is 30.1 Å². The second kappa shape index (κ2) is 4.66. The van der Waals surface area contributed by atoms with Gasteiger partial charge in [-0.2, -0.15) is 0 Å². The van der Waals surface area contributed by atoms with Gasteiger partial charge in [-0.1, -0.05) is 0 Å². The Morgan fingerprint density at radius 2 is 2.17 bits per heavy atom. The summed E-state index contributed by atoms with van der Waals surface area (Å²) in [6.45, 7) is 3.76. The Morgan fingerprint density at radius 1 is 1.33 bits per heavy atom. The molecule has 0 atom stereocenters. The van der Waals surface area contributed by atoms with E-state index in [4.69, 9.17) is 0 Å². The number of hydrogen-bond acceptors (Lipinski definition) is 4. The highest BCUT2D eigenvalue weighted by atomic mass is 15.0. The molecule has 0 bridgehead atoms. The minimum Gasteiger partial charge on any atom is -0.369 e. The second-order valence-corrected chi connectivity index (χ2v) is 2.57. The van der Waals surface area contributed by atoms with Gasteiger partial charge in [0.05, 0.1) is 0 Å². The van der Waals surface area contributed by atoms with E-state index in [2.05, 4.69) is 20.6 Å². The minimum absolute atomic E-state index is 0.882. The van der Waals surface area contributed by atoms with Crippen LogP contribution in [0.4, 0.5) is 5.82 Å². The van der Waals surface area contributed by atoms with E-state index in [0.29, 0.717) is 0 Å². The monoisotopic (exact) mass is 166 g/mol. The summed E-state index contributed by atoms with van der Waals surface area (Å²) in [5.41, 5.74) is 0.983. The second-order valence-electron chi connectivity index (χ2n) is 2.57. The van der Waals surface area contributed by atoms with E-state index in [1.54, 1.807) is 6.33 Å². The van der Waals surface area contributed by atoms with E-state index in [0.717, 1.165) is 24.6 Å². The zero-order chi connectivity index (χ0) is 8.81. The van der Waals surface area contributed by atoms with Crippen LogP contribution in [0.2, 0.25) is 0 Å². The lowest BCUT2D eigenvalue weighted by Gasteiger charge is -2.04. The number of aromatic nitrogens is 2. The lowest BCUT2D eigenvalue weighted by Crippen LogP contribution is -2.18. The van der Waals surface area contributed by atoms with Crippen LogP contribution in [0.1, 0.15) is 5.69 Å². The third kappa shape index (κ3) is 2.84. The molecule has 0 radical (unpaired) electrons. The van der Waals surface area contributed by atoms with E-state index in [-0.39, 0.29) is 0 Å². The van der Waals surface area contributed by atoms with Gasteiger partial charge in [-0.3, -0.25) is 0 Å². The molecule has 0 saturated heterocycles. The molecule has 0 aromatic carbocycles. The Balaban J connectivity index is 2.41. The maximum atomic E-state index is 4.06. The van der Waals surface area contributed by atoms with Crippen molar-refractivity contribution < 1.29 is 0 Å². The molecule has 0 spiro atoms. The number of hydrogen-bond donors (Lipinski definition) is 2. The molecule has 0 saturated carbocycles. The van der Waals surface area contributed by atoms with Gasteiger partial charge in [-0.05, 0) is 14.0 Å². The predicted octanol–water partition coefficient (Wildman–Crippen LogP) is 0.416. The lowest BCUT2D eigenvalue weighted by atomic mass is 10.4. The Labute approximate surface area is 72.4 Å². The molecule has 2 N–H and O–H groups in total. The molecule has 1 aromatic rings. The smallest absolute Gasteiger partial charge is 0.129 e. The molecule has 0 aliphatic carbocycles. The van der Waals surface area contributed by atoms with Crippen molar-refractivity contribution in [2.45, 2.75) is 6.92 Å². The molecule has 12 heavy (non-hydrogen) atoms. The number of anilines is 1. The first-order chi connectivity index (χ1) is 5.83. The van der Waals surface area contributed by atoms with E-state index in [1.807, 2.05) is 20.0 Å². The predicted molar refractivity (Wildman–Crippen MR) is 49.2 cm³/mol. The summed E-state index contributed by atoms with van der Waals surface area (Å²) in [4.78, 5) is 8.06. The van der Waals surface area contributed by atoms with Gasteiger partial charge < -0.3 is 10.6 Å². The highest BCUT2D eigenvalue weighted by Crippen LogP contribution is 2.00. The van der Waals surface area contributed by atoms with Crippen LogP contribution in [0, 0.1) is 6.92 Å². The van der Waals surface area contributed by atoms with Gasteiger partial charge >= 0.3 is 0 Å². The van der Waals surface area contributed by atoms with Gasteiger partial charge in [-0.25, -0.2) is 9.97 Å². The van der Waals surface area contributed by atoms with E-state index >= 15 is 0 Å². The Morgan fingerprint density at radius 3 is 2.83 bits per heavy atom. The average Bonchev–Trinajstić information content (AvgIpc) is 2.05. The molecule has 1 heterocycles. The summed E-state index contributed by atoms with van der Waals surface area (Å²) in [5.74, 6) is 0.887. The Hall–Kier alpha value is -1.16. The quantitative estimate of drug-likeness (QED) is 0.636. The summed E-state index contributed by atoms with van der Waals surface area (Å²) < 4.78 is 0. The summed E-state index contributed by atoms with van der Waals surface area (Å²) in [5, 5.41) is 6.22. The topological polar surface area (TPSA) is 49.8 Å². The lowest BCUT2D eigenvalue weighted by molar-refractivity contribution is 0.820. The van der Waals surface area contributed by atoms with Crippen LogP contribution >= 0.6 is 0 Å². The van der Waals surface area contributed by atoms with Crippen molar-refractivity contribution in [3.63, 3.8) is 0 Å². The minimum atomic E-state index is 0.882. The zero-order valence-electron chi connectivity index (χ0n) is 7.46. The van der Waals surface area contributed by atoms with Gasteiger partial charge in [-0.15, -0.1) is 0 Å². The molecule has 0 fully saturated rings. The van der Waals surface area contributed by atoms with E-state index < -0.39 is 0 Å². The Bertz CT molecular complexity index is 236. The molecular weight excluding hydrogens is 152 g/mol. The third-order valence-corrected chi connectivity index (χ3v) is 1.48. The molecule has 0 amide bonds. The highest BCUT2D eigenvalue weighted by molar-refractivity contribution is 5.34. The number of likely N-dealkylation sites (N-methyl/N-ethyl adjacent to an activating group) is 1. The van der Waals surface area contributed by atoms with Gasteiger partial charge in [0.1, 0.15) is 12.1 Å². The largest absolute Gasteiger partial charge is 0.369 e. The number of nitrogens with one attached hydrogen (secondary N) is 2. The van der Waals surface area contributed by atoms with Crippen molar-refractivity contribution in [2.75, 3.05) is 25.5 Å². The number of nitrogens with zero attached hydrogens (tertiary/aromatic N) is 2. The standard InChI is InChI=1S/C8H14N4/c1-7-5-8(12-6-11-7)10-4-3-9-2/h5-6,9H,3-4H2,1-2H3,(H,10,11,12). The zero-order valence-corrected chi connectivity index (χ0v) is 7.46. The highest BCUT2D eigenvalue weighted by Gasteiger charge is 1.92. The van der Waals surface area contributed by atoms with Crippen LogP contribution in [0.5, 0.6) is 0 Å². The molecule has 0 unspecified atom stereocenters. The van der Waals surface area contributed by atoms with Crippen LogP contribution < -0.4 is 10.6 Å². The van der Waals surface area contributed by atoms with Crippen molar-refractivity contribution in [1.82, 2.24) is 15.3 Å². The van der Waals surface area contributed by atoms with Crippen LogP contribution in [0.25, 0.3) is 0 Å². The summed E-state index contributed by atoms with van der Waals surface area (Å²) >= 11 is 0. The van der Waals surface area contributed by atoms with Crippen LogP contribution in [0.3, 0.4) is 0 Å². The first kappa shape index (κ1) is 8.93. The third-order valence-electron chi connectivity index (χ3n) is 1.48. The normalized spacial score (nSPS) is 9.83. The van der Waals surface area contributed by atoms with Gasteiger partial charge in [0.2, 0.25) is 0 Å². The number of aryl methyl sites for hydroxylation is 1. The number of rotatable bonds is 4. The van der Waals surface area contributed by atoms with Crippen LogP contribution in [0.15, 0.2) is 12.4 Å². The molecule has 1 rings (SSSR count). The fourth-order valence-electron chi connectivity index (χ4n) is 0.867. The van der Waals surface area contributed by atoms with E-state index in [1.165, 1.54) is 0 Å². The summed E-state index contributed by atoms with van der Waals surface area (Å²) in [6, 6.07) is 1.93. The molecule has 4 nitrogen and oxygen atoms in total. The molecule has 1 aromatic heterocycles. The van der Waals surface area contributed by atoms with Crippen molar-refractivity contribution in [1.29, 1.82) is 0 Å². The summed E-state index contributed by atoms with van der Waals surface area (Å²) in [7, 11) is 1.92. The van der Waals surface area contributed by atoms with Gasteiger partial charge in [0.15, 0.2) is 0 Å². The van der Waals surface area contributed by atoms with Gasteiger partial charge in [0.25, 0.3) is 0 Å². The van der Waals surface area contributed by atoms with Gasteiger partial charge in [0, 0.05) is 24.8 Å². The van der Waals surface area contributed by atoms with E-state index in [9.17, 15) is 0 Å². The van der Waals surface area contributed by atoms with Crippen molar-refractivity contribution in [3.05, 3.63) is 18.1 Å². The molecule has 66 valence electrons. The van der Waals surface area contributed by atoms with Crippen LogP contribution in [-0.2, 0) is 0 Å². The summed E-state index contributed by atoms with van der Waals surface area (Å²) in [6.07, 6.45) is 1.57. The SMILES string of the molecule is CNCCNc1cc(C)ncn1. The fraction of sp³-hybridized carbons (Fsp3) is 0.500. The van der Waals surface area contributed by atoms with Crippen molar-refractivity contribution in [3.8, 4) is 0 Å². The molecule has 0 aliphatic heterocycles. The molecule has 0 aliphatic rings. The van der Waals surface area contributed by atoms with Crippen molar-refractivity contribution in [2.24, 2.45) is 0 Å². The fourth-order valence-corrected chi connectivity index (χ4v) is 0.867. The maximum absolute atomic E-state index is 4.06. The molecular formula is C8H14N4. The Kier molecular flexibility index (Phi) is 3.47. The average molecular weight is 166 g/mol. The molecule has 4 heteroatoms. The maximum Gasteiger partial charge on any atom is 0.129 e.